The van der Waals surface area contributed by atoms with Gasteiger partial charge in [0.2, 0.25) is 0 Å². The third-order valence-corrected chi connectivity index (χ3v) is 2.60. The Hall–Kier alpha value is -1.29. The van der Waals surface area contributed by atoms with Gasteiger partial charge in [-0.25, -0.2) is 0 Å². The molecule has 2 heterocycles. The summed E-state index contributed by atoms with van der Waals surface area (Å²) in [5.41, 5.74) is 6.97. The molecule has 2 N–H and O–H groups in total. The molecule has 4 nitrogen and oxygen atoms in total. The largest absolute Gasteiger partial charge is 0.492 e. The van der Waals surface area contributed by atoms with Crippen LogP contribution in [0.1, 0.15) is 13.3 Å². The summed E-state index contributed by atoms with van der Waals surface area (Å²) in [6, 6.07) is 2.31. The Bertz CT molecular complexity index is 329. The second-order valence-corrected chi connectivity index (χ2v) is 3.81. The van der Waals surface area contributed by atoms with Gasteiger partial charge in [0.05, 0.1) is 24.7 Å². The Morgan fingerprint density at radius 1 is 1.60 bits per heavy atom. The summed E-state index contributed by atoms with van der Waals surface area (Å²) in [5, 5.41) is 0. The minimum atomic E-state index is 0.292. The number of nitrogens with zero attached hydrogens (tertiary/aromatic N) is 2. The van der Waals surface area contributed by atoms with Crippen LogP contribution in [0, 0.1) is 0 Å². The molecule has 15 heavy (non-hydrogen) atoms. The van der Waals surface area contributed by atoms with E-state index in [1.165, 1.54) is 0 Å². The summed E-state index contributed by atoms with van der Waals surface area (Å²) >= 11 is 0. The van der Waals surface area contributed by atoms with Gasteiger partial charge >= 0.3 is 0 Å². The van der Waals surface area contributed by atoms with Crippen molar-refractivity contribution in [1.29, 1.82) is 0 Å². The number of ether oxygens (including phenoxy) is 1. The number of hydrogen-bond donors (Lipinski definition) is 1. The first-order chi connectivity index (χ1) is 7.29. The Morgan fingerprint density at radius 3 is 3.13 bits per heavy atom. The highest BCUT2D eigenvalue weighted by Gasteiger charge is 2.19. The van der Waals surface area contributed by atoms with E-state index < -0.39 is 0 Å². The third-order valence-electron chi connectivity index (χ3n) is 2.60. The van der Waals surface area contributed by atoms with Crippen LogP contribution >= 0.6 is 0 Å². The van der Waals surface area contributed by atoms with Crippen LogP contribution in [0.2, 0.25) is 0 Å². The molecule has 2 rings (SSSR count). The van der Waals surface area contributed by atoms with E-state index >= 15 is 0 Å². The Kier molecular flexibility index (Phi) is 3.06. The summed E-state index contributed by atoms with van der Waals surface area (Å²) in [4.78, 5) is 6.42. The van der Waals surface area contributed by atoms with E-state index in [0.29, 0.717) is 12.6 Å². The van der Waals surface area contributed by atoms with E-state index in [2.05, 4.69) is 9.88 Å². The molecule has 0 bridgehead atoms. The molecule has 1 aliphatic heterocycles. The molecule has 1 fully saturated rings. The van der Waals surface area contributed by atoms with Crippen LogP contribution in [-0.2, 0) is 0 Å². The van der Waals surface area contributed by atoms with Crippen molar-refractivity contribution in [2.24, 2.45) is 5.73 Å². The first-order valence-corrected chi connectivity index (χ1v) is 5.38. The zero-order valence-electron chi connectivity index (χ0n) is 9.02. The molecule has 0 aromatic carbocycles. The van der Waals surface area contributed by atoms with Crippen LogP contribution in [0.4, 0.5) is 5.69 Å². The lowest BCUT2D eigenvalue weighted by atomic mass is 10.3. The molecule has 1 atom stereocenters. The average molecular weight is 207 g/mol. The number of nitrogens with two attached hydrogens (primary N) is 1. The number of anilines is 1. The fraction of sp³-hybridized carbons (Fsp3) is 0.545. The molecule has 1 aromatic heterocycles. The standard InChI is InChI=1S/C11H17N3O/c1-2-15-11-5-10(6-13-7-11)14-4-3-9(12)8-14/h5-7,9H,2-4,8,12H2,1H3. The van der Waals surface area contributed by atoms with Crippen molar-refractivity contribution in [3.63, 3.8) is 0 Å². The minimum Gasteiger partial charge on any atom is -0.492 e. The summed E-state index contributed by atoms with van der Waals surface area (Å²) < 4.78 is 5.41. The van der Waals surface area contributed by atoms with Gasteiger partial charge in [-0.15, -0.1) is 0 Å². The van der Waals surface area contributed by atoms with Gasteiger partial charge in [0, 0.05) is 25.2 Å². The molecule has 82 valence electrons. The first kappa shape index (κ1) is 10.2. The van der Waals surface area contributed by atoms with Crippen molar-refractivity contribution in [3.05, 3.63) is 18.5 Å². The molecule has 0 radical (unpaired) electrons. The summed E-state index contributed by atoms with van der Waals surface area (Å²) in [6.45, 7) is 4.57. The Labute approximate surface area is 90.0 Å². The molecule has 0 amide bonds. The lowest BCUT2D eigenvalue weighted by molar-refractivity contribution is 0.339. The van der Waals surface area contributed by atoms with Crippen LogP contribution in [0.5, 0.6) is 5.75 Å². The summed E-state index contributed by atoms with van der Waals surface area (Å²) in [7, 11) is 0. The second-order valence-electron chi connectivity index (χ2n) is 3.81. The van der Waals surface area contributed by atoms with Crippen molar-refractivity contribution in [1.82, 2.24) is 4.98 Å². The van der Waals surface area contributed by atoms with Gasteiger partial charge in [-0.3, -0.25) is 4.98 Å². The van der Waals surface area contributed by atoms with Crippen molar-refractivity contribution in [2.75, 3.05) is 24.6 Å². The average Bonchev–Trinajstić information content (AvgIpc) is 2.66. The first-order valence-electron chi connectivity index (χ1n) is 5.38. The zero-order chi connectivity index (χ0) is 10.7. The van der Waals surface area contributed by atoms with Gasteiger partial charge in [-0.1, -0.05) is 0 Å². The van der Waals surface area contributed by atoms with Crippen molar-refractivity contribution >= 4 is 5.69 Å². The number of rotatable bonds is 3. The van der Waals surface area contributed by atoms with Crippen LogP contribution in [-0.4, -0.2) is 30.7 Å². The normalized spacial score (nSPS) is 20.7. The van der Waals surface area contributed by atoms with E-state index in [9.17, 15) is 0 Å². The highest BCUT2D eigenvalue weighted by Crippen LogP contribution is 2.22. The predicted molar refractivity (Wildman–Crippen MR) is 60.2 cm³/mol. The lowest BCUT2D eigenvalue weighted by Gasteiger charge is -2.18. The maximum Gasteiger partial charge on any atom is 0.139 e. The van der Waals surface area contributed by atoms with Gasteiger partial charge in [0.1, 0.15) is 5.75 Å². The fourth-order valence-corrected chi connectivity index (χ4v) is 1.85. The van der Waals surface area contributed by atoms with Gasteiger partial charge in [-0.05, 0) is 13.3 Å². The monoisotopic (exact) mass is 207 g/mol. The molecule has 4 heteroatoms. The lowest BCUT2D eigenvalue weighted by Crippen LogP contribution is -2.26. The topological polar surface area (TPSA) is 51.4 Å². The second kappa shape index (κ2) is 4.49. The van der Waals surface area contributed by atoms with E-state index in [1.54, 1.807) is 6.20 Å². The Balaban J connectivity index is 2.10. The van der Waals surface area contributed by atoms with Crippen LogP contribution in [0.25, 0.3) is 0 Å². The molecule has 1 aliphatic rings. The van der Waals surface area contributed by atoms with Gasteiger partial charge in [0.15, 0.2) is 0 Å². The number of aromatic nitrogens is 1. The molecule has 1 aromatic rings. The quantitative estimate of drug-likeness (QED) is 0.804. The van der Waals surface area contributed by atoms with Crippen molar-refractivity contribution < 1.29 is 4.74 Å². The van der Waals surface area contributed by atoms with E-state index in [4.69, 9.17) is 10.5 Å². The molecule has 1 saturated heterocycles. The minimum absolute atomic E-state index is 0.292. The van der Waals surface area contributed by atoms with Crippen LogP contribution in [0.15, 0.2) is 18.5 Å². The predicted octanol–water partition coefficient (Wildman–Crippen LogP) is 1.02. The van der Waals surface area contributed by atoms with Gasteiger partial charge in [0.25, 0.3) is 0 Å². The molecule has 0 saturated carbocycles. The van der Waals surface area contributed by atoms with E-state index in [1.807, 2.05) is 19.2 Å². The third kappa shape index (κ3) is 2.39. The van der Waals surface area contributed by atoms with Crippen molar-refractivity contribution in [3.8, 4) is 5.75 Å². The highest BCUT2D eigenvalue weighted by atomic mass is 16.5. The molecular formula is C11H17N3O. The van der Waals surface area contributed by atoms with Crippen LogP contribution < -0.4 is 15.4 Å². The maximum absolute atomic E-state index is 5.87. The van der Waals surface area contributed by atoms with Gasteiger partial charge < -0.3 is 15.4 Å². The van der Waals surface area contributed by atoms with E-state index in [0.717, 1.165) is 30.9 Å². The van der Waals surface area contributed by atoms with Gasteiger partial charge in [-0.2, -0.15) is 0 Å². The highest BCUT2D eigenvalue weighted by molar-refractivity contribution is 5.49. The molecular weight excluding hydrogens is 190 g/mol. The fourth-order valence-electron chi connectivity index (χ4n) is 1.85. The number of pyridine rings is 1. The molecule has 0 aliphatic carbocycles. The molecule has 1 unspecified atom stereocenters. The van der Waals surface area contributed by atoms with E-state index in [-0.39, 0.29) is 0 Å². The smallest absolute Gasteiger partial charge is 0.139 e. The maximum atomic E-state index is 5.87. The SMILES string of the molecule is CCOc1cncc(N2CCC(N)C2)c1. The molecule has 0 spiro atoms. The Morgan fingerprint density at radius 2 is 2.47 bits per heavy atom. The van der Waals surface area contributed by atoms with Crippen molar-refractivity contribution in [2.45, 2.75) is 19.4 Å². The summed E-state index contributed by atoms with van der Waals surface area (Å²) in [5.74, 6) is 0.829. The zero-order valence-corrected chi connectivity index (χ0v) is 9.02. The number of hydrogen-bond acceptors (Lipinski definition) is 4. The van der Waals surface area contributed by atoms with Crippen LogP contribution in [0.3, 0.4) is 0 Å². The summed E-state index contributed by atoms with van der Waals surface area (Å²) in [6.07, 6.45) is 4.66.